The maximum Gasteiger partial charge on any atom is 0.276 e. The predicted molar refractivity (Wildman–Crippen MR) is 57.5 cm³/mol. The van der Waals surface area contributed by atoms with E-state index in [2.05, 4.69) is 15.2 Å². The highest BCUT2D eigenvalue weighted by molar-refractivity contribution is 7.98. The zero-order chi connectivity index (χ0) is 11.4. The molecule has 0 saturated heterocycles. The highest BCUT2D eigenvalue weighted by Crippen LogP contribution is 2.20. The third kappa shape index (κ3) is 2.58. The van der Waals surface area contributed by atoms with Crippen molar-refractivity contribution in [1.82, 2.24) is 15.2 Å². The van der Waals surface area contributed by atoms with Crippen molar-refractivity contribution in [2.45, 2.75) is 17.9 Å². The lowest BCUT2D eigenvalue weighted by Gasteiger charge is -1.97. The Bertz CT molecular complexity index is 532. The van der Waals surface area contributed by atoms with Gasteiger partial charge in [-0.1, -0.05) is 11.8 Å². The van der Waals surface area contributed by atoms with Gasteiger partial charge in [0, 0.05) is 18.9 Å². The lowest BCUT2D eigenvalue weighted by molar-refractivity contribution is 0.429. The molecule has 0 aliphatic carbocycles. The SMILES string of the molecule is Cc1nnc(SCc2ccnc(C#N)c2)o1. The van der Waals surface area contributed by atoms with Crippen molar-refractivity contribution >= 4 is 11.8 Å². The second kappa shape index (κ2) is 4.77. The van der Waals surface area contributed by atoms with Crippen molar-refractivity contribution in [3.8, 4) is 6.07 Å². The first kappa shape index (κ1) is 10.6. The van der Waals surface area contributed by atoms with Crippen LogP contribution in [0.25, 0.3) is 0 Å². The number of hydrogen-bond acceptors (Lipinski definition) is 6. The van der Waals surface area contributed by atoms with Gasteiger partial charge in [-0.05, 0) is 17.7 Å². The first-order valence-electron chi connectivity index (χ1n) is 4.56. The Balaban J connectivity index is 2.02. The summed E-state index contributed by atoms with van der Waals surface area (Å²) in [5.41, 5.74) is 1.42. The topological polar surface area (TPSA) is 75.6 Å². The maximum absolute atomic E-state index is 8.69. The lowest BCUT2D eigenvalue weighted by atomic mass is 10.2. The highest BCUT2D eigenvalue weighted by atomic mass is 32.2. The number of thioether (sulfide) groups is 1. The van der Waals surface area contributed by atoms with Gasteiger partial charge in [-0.25, -0.2) is 4.98 Å². The van der Waals surface area contributed by atoms with E-state index in [1.165, 1.54) is 11.8 Å². The quantitative estimate of drug-likeness (QED) is 0.753. The van der Waals surface area contributed by atoms with E-state index in [1.807, 2.05) is 12.1 Å². The zero-order valence-electron chi connectivity index (χ0n) is 8.54. The molecule has 0 saturated carbocycles. The Hall–Kier alpha value is -1.87. The van der Waals surface area contributed by atoms with Gasteiger partial charge in [0.05, 0.1) is 0 Å². The molecule has 0 bridgehead atoms. The molecule has 0 atom stereocenters. The Kier molecular flexibility index (Phi) is 3.17. The van der Waals surface area contributed by atoms with E-state index in [0.717, 1.165) is 5.56 Å². The number of hydrogen-bond donors (Lipinski definition) is 0. The average molecular weight is 232 g/mol. The van der Waals surface area contributed by atoms with Crippen LogP contribution in [-0.2, 0) is 5.75 Å². The van der Waals surface area contributed by atoms with Crippen LogP contribution in [0.3, 0.4) is 0 Å². The number of pyridine rings is 1. The van der Waals surface area contributed by atoms with Gasteiger partial charge < -0.3 is 4.42 Å². The van der Waals surface area contributed by atoms with Crippen molar-refractivity contribution in [3.05, 3.63) is 35.5 Å². The third-order valence-electron chi connectivity index (χ3n) is 1.81. The van der Waals surface area contributed by atoms with Gasteiger partial charge in [0.2, 0.25) is 5.89 Å². The first-order valence-corrected chi connectivity index (χ1v) is 5.54. The van der Waals surface area contributed by atoms with E-state index >= 15 is 0 Å². The normalized spacial score (nSPS) is 10.0. The van der Waals surface area contributed by atoms with E-state index in [4.69, 9.17) is 9.68 Å². The number of nitriles is 1. The molecular formula is C10H8N4OS. The van der Waals surface area contributed by atoms with Crippen molar-refractivity contribution in [2.75, 3.05) is 0 Å². The third-order valence-corrected chi connectivity index (χ3v) is 2.70. The van der Waals surface area contributed by atoms with Crippen molar-refractivity contribution in [3.63, 3.8) is 0 Å². The van der Waals surface area contributed by atoms with Crippen LogP contribution in [0, 0.1) is 18.3 Å². The first-order chi connectivity index (χ1) is 7.78. The molecule has 0 aromatic carbocycles. The standard InChI is InChI=1S/C10H8N4OS/c1-7-13-14-10(15-7)16-6-8-2-3-12-9(4-8)5-11/h2-4H,6H2,1H3. The van der Waals surface area contributed by atoms with Crippen LogP contribution in [0.2, 0.25) is 0 Å². The molecule has 0 amide bonds. The van der Waals surface area contributed by atoms with E-state index < -0.39 is 0 Å². The largest absolute Gasteiger partial charge is 0.416 e. The van der Waals surface area contributed by atoms with E-state index in [0.29, 0.717) is 22.6 Å². The summed E-state index contributed by atoms with van der Waals surface area (Å²) >= 11 is 1.44. The van der Waals surface area contributed by atoms with Crippen LogP contribution in [0.4, 0.5) is 0 Å². The van der Waals surface area contributed by atoms with Gasteiger partial charge in [0.15, 0.2) is 0 Å². The second-order valence-electron chi connectivity index (χ2n) is 3.04. The van der Waals surface area contributed by atoms with E-state index in [1.54, 1.807) is 19.2 Å². The molecule has 0 unspecified atom stereocenters. The van der Waals surface area contributed by atoms with Gasteiger partial charge in [0.1, 0.15) is 11.8 Å². The molecule has 0 N–H and O–H groups in total. The molecule has 0 fully saturated rings. The molecule has 80 valence electrons. The molecule has 0 aliphatic heterocycles. The van der Waals surface area contributed by atoms with Crippen LogP contribution in [0.1, 0.15) is 17.1 Å². The average Bonchev–Trinajstić information content (AvgIpc) is 2.73. The highest BCUT2D eigenvalue weighted by Gasteiger charge is 2.04. The molecule has 2 rings (SSSR count). The van der Waals surface area contributed by atoms with Gasteiger partial charge in [-0.2, -0.15) is 5.26 Å². The Morgan fingerprint density at radius 3 is 3.06 bits per heavy atom. The van der Waals surface area contributed by atoms with Crippen LogP contribution in [0.5, 0.6) is 0 Å². The minimum absolute atomic E-state index is 0.416. The van der Waals surface area contributed by atoms with Gasteiger partial charge >= 0.3 is 0 Å². The fraction of sp³-hybridized carbons (Fsp3) is 0.200. The summed E-state index contributed by atoms with van der Waals surface area (Å²) in [5, 5.41) is 16.8. The van der Waals surface area contributed by atoms with Crippen LogP contribution >= 0.6 is 11.8 Å². The monoisotopic (exact) mass is 232 g/mol. The number of aromatic nitrogens is 3. The van der Waals surface area contributed by atoms with Gasteiger partial charge in [-0.15, -0.1) is 10.2 Å². The molecule has 2 heterocycles. The van der Waals surface area contributed by atoms with Gasteiger partial charge in [0.25, 0.3) is 5.22 Å². The predicted octanol–water partition coefficient (Wildman–Crippen LogP) is 1.94. The van der Waals surface area contributed by atoms with E-state index in [-0.39, 0.29) is 0 Å². The fourth-order valence-corrected chi connectivity index (χ4v) is 1.85. The van der Waals surface area contributed by atoms with Crippen LogP contribution < -0.4 is 0 Å². The fourth-order valence-electron chi connectivity index (χ4n) is 1.11. The number of rotatable bonds is 3. The van der Waals surface area contributed by atoms with Crippen molar-refractivity contribution in [1.29, 1.82) is 5.26 Å². The smallest absolute Gasteiger partial charge is 0.276 e. The van der Waals surface area contributed by atoms with Crippen molar-refractivity contribution in [2.24, 2.45) is 0 Å². The Morgan fingerprint density at radius 2 is 2.38 bits per heavy atom. The summed E-state index contributed by atoms with van der Waals surface area (Å²) in [6.45, 7) is 1.75. The summed E-state index contributed by atoms with van der Waals surface area (Å²) in [6.07, 6.45) is 1.62. The summed E-state index contributed by atoms with van der Waals surface area (Å²) < 4.78 is 5.22. The summed E-state index contributed by atoms with van der Waals surface area (Å²) in [6, 6.07) is 5.60. The zero-order valence-corrected chi connectivity index (χ0v) is 9.36. The summed E-state index contributed by atoms with van der Waals surface area (Å²) in [5.74, 6) is 1.23. The summed E-state index contributed by atoms with van der Waals surface area (Å²) in [4.78, 5) is 3.90. The molecule has 0 aliphatic rings. The van der Waals surface area contributed by atoms with Crippen LogP contribution in [-0.4, -0.2) is 15.2 Å². The Morgan fingerprint density at radius 1 is 1.50 bits per heavy atom. The molecule has 16 heavy (non-hydrogen) atoms. The Labute approximate surface area is 96.5 Å². The molecule has 0 radical (unpaired) electrons. The molecule has 2 aromatic rings. The lowest BCUT2D eigenvalue weighted by Crippen LogP contribution is -1.86. The molecule has 6 heteroatoms. The maximum atomic E-state index is 8.69. The molecule has 5 nitrogen and oxygen atoms in total. The van der Waals surface area contributed by atoms with E-state index in [9.17, 15) is 0 Å². The number of aryl methyl sites for hydroxylation is 1. The van der Waals surface area contributed by atoms with Gasteiger partial charge in [-0.3, -0.25) is 0 Å². The number of nitrogens with zero attached hydrogens (tertiary/aromatic N) is 4. The minimum atomic E-state index is 0.416. The molecule has 2 aromatic heterocycles. The minimum Gasteiger partial charge on any atom is -0.416 e. The molecular weight excluding hydrogens is 224 g/mol. The van der Waals surface area contributed by atoms with Crippen molar-refractivity contribution < 1.29 is 4.42 Å². The van der Waals surface area contributed by atoms with Crippen LogP contribution in [0.15, 0.2) is 28.0 Å². The second-order valence-corrected chi connectivity index (χ2v) is 3.96. The summed E-state index contributed by atoms with van der Waals surface area (Å²) in [7, 11) is 0. The molecule has 0 spiro atoms.